The van der Waals surface area contributed by atoms with Gasteiger partial charge >= 0.3 is 0 Å². The van der Waals surface area contributed by atoms with Crippen molar-refractivity contribution in [2.24, 2.45) is 0 Å². The van der Waals surface area contributed by atoms with E-state index in [1.54, 1.807) is 11.8 Å². The molecule has 1 aromatic heterocycles. The molecule has 1 amide bonds. The van der Waals surface area contributed by atoms with Gasteiger partial charge < -0.3 is 15.0 Å². The Morgan fingerprint density at radius 1 is 1.42 bits per heavy atom. The van der Waals surface area contributed by atoms with Crippen molar-refractivity contribution in [2.75, 3.05) is 43.2 Å². The molecule has 0 aliphatic carbocycles. The first-order valence-electron chi connectivity index (χ1n) is 8.70. The summed E-state index contributed by atoms with van der Waals surface area (Å²) < 4.78 is 5.43. The molecule has 2 fully saturated rings. The molecule has 24 heavy (non-hydrogen) atoms. The van der Waals surface area contributed by atoms with Crippen LogP contribution in [0.25, 0.3) is 0 Å². The first kappa shape index (κ1) is 17.5. The van der Waals surface area contributed by atoms with E-state index in [1.165, 1.54) is 0 Å². The van der Waals surface area contributed by atoms with E-state index in [1.807, 2.05) is 18.5 Å². The van der Waals surface area contributed by atoms with Crippen LogP contribution in [0.15, 0.2) is 12.3 Å². The Bertz CT molecular complexity index is 551. The Kier molecular flexibility index (Phi) is 6.31. The van der Waals surface area contributed by atoms with Gasteiger partial charge in [-0.2, -0.15) is 11.8 Å². The maximum Gasteiger partial charge on any atom is 0.225 e. The Balaban J connectivity index is 1.56. The van der Waals surface area contributed by atoms with Gasteiger partial charge in [-0.15, -0.1) is 0 Å². The van der Waals surface area contributed by atoms with Crippen molar-refractivity contribution in [1.29, 1.82) is 0 Å². The van der Waals surface area contributed by atoms with Gasteiger partial charge in [0.25, 0.3) is 0 Å². The van der Waals surface area contributed by atoms with Crippen LogP contribution in [0.3, 0.4) is 0 Å². The van der Waals surface area contributed by atoms with E-state index >= 15 is 0 Å². The minimum Gasteiger partial charge on any atom is -0.381 e. The van der Waals surface area contributed by atoms with Crippen LogP contribution in [0.4, 0.5) is 5.95 Å². The van der Waals surface area contributed by atoms with Crippen molar-refractivity contribution in [1.82, 2.24) is 15.3 Å². The van der Waals surface area contributed by atoms with Gasteiger partial charge in [-0.05, 0) is 31.6 Å². The highest BCUT2D eigenvalue weighted by Gasteiger charge is 2.26. The molecule has 2 aliphatic rings. The molecular weight excluding hydrogens is 324 g/mol. The fourth-order valence-electron chi connectivity index (χ4n) is 3.29. The summed E-state index contributed by atoms with van der Waals surface area (Å²) in [5.41, 5.74) is 1.12. The van der Waals surface area contributed by atoms with Gasteiger partial charge in [-0.3, -0.25) is 4.79 Å². The molecule has 132 valence electrons. The second kappa shape index (κ2) is 8.67. The number of thioether (sulfide) groups is 1. The lowest BCUT2D eigenvalue weighted by Crippen LogP contribution is -2.37. The third-order valence-corrected chi connectivity index (χ3v) is 5.29. The fourth-order valence-corrected chi connectivity index (χ4v) is 3.68. The molecule has 2 saturated heterocycles. The van der Waals surface area contributed by atoms with Crippen LogP contribution < -0.4 is 10.2 Å². The smallest absolute Gasteiger partial charge is 0.225 e. The average molecular weight is 350 g/mol. The van der Waals surface area contributed by atoms with E-state index in [9.17, 15) is 4.79 Å². The van der Waals surface area contributed by atoms with Crippen LogP contribution in [-0.4, -0.2) is 60.2 Å². The lowest BCUT2D eigenvalue weighted by atomic mass is 9.96. The lowest BCUT2D eigenvalue weighted by Gasteiger charge is -2.23. The van der Waals surface area contributed by atoms with Crippen molar-refractivity contribution in [3.63, 3.8) is 0 Å². The molecule has 6 nitrogen and oxygen atoms in total. The molecular formula is C17H26N4O2S. The number of aromatic nitrogens is 2. The zero-order chi connectivity index (χ0) is 16.8. The number of hydrogen-bond donors (Lipinski definition) is 1. The summed E-state index contributed by atoms with van der Waals surface area (Å²) in [5.74, 6) is 2.29. The Morgan fingerprint density at radius 2 is 2.25 bits per heavy atom. The minimum absolute atomic E-state index is 0.146. The third-order valence-electron chi connectivity index (χ3n) is 4.67. The van der Waals surface area contributed by atoms with Gasteiger partial charge in [0, 0.05) is 62.3 Å². The predicted molar refractivity (Wildman–Crippen MR) is 96.6 cm³/mol. The van der Waals surface area contributed by atoms with Crippen molar-refractivity contribution in [3.8, 4) is 0 Å². The standard InChI is InChI=1S/C17H26N4O2S/c1-24-11-6-16(22)19-14-3-8-21(12-14)17-18-7-2-15(20-17)13-4-9-23-10-5-13/h2,7,13-14H,3-6,8-12H2,1H3,(H,19,22). The summed E-state index contributed by atoms with van der Waals surface area (Å²) in [6, 6.07) is 2.23. The number of rotatable bonds is 6. The highest BCUT2D eigenvalue weighted by Crippen LogP contribution is 2.26. The molecule has 0 bridgehead atoms. The second-order valence-corrected chi connectivity index (χ2v) is 7.40. The quantitative estimate of drug-likeness (QED) is 0.844. The summed E-state index contributed by atoms with van der Waals surface area (Å²) in [6.07, 6.45) is 7.49. The molecule has 1 aromatic rings. The van der Waals surface area contributed by atoms with Crippen LogP contribution in [0, 0.1) is 0 Å². The first-order valence-corrected chi connectivity index (χ1v) is 10.1. The van der Waals surface area contributed by atoms with Crippen LogP contribution in [0.2, 0.25) is 0 Å². The topological polar surface area (TPSA) is 67.4 Å². The molecule has 0 spiro atoms. The van der Waals surface area contributed by atoms with Crippen LogP contribution in [-0.2, 0) is 9.53 Å². The number of nitrogens with one attached hydrogen (secondary N) is 1. The molecule has 3 rings (SSSR count). The molecule has 7 heteroatoms. The number of carbonyl (C=O) groups is 1. The highest BCUT2D eigenvalue weighted by molar-refractivity contribution is 7.98. The van der Waals surface area contributed by atoms with Gasteiger partial charge in [0.1, 0.15) is 0 Å². The summed E-state index contributed by atoms with van der Waals surface area (Å²) in [7, 11) is 0. The Hall–Kier alpha value is -1.34. The molecule has 1 N–H and O–H groups in total. The van der Waals surface area contributed by atoms with E-state index in [0.717, 1.165) is 63.0 Å². The van der Waals surface area contributed by atoms with Gasteiger partial charge in [0.05, 0.1) is 0 Å². The van der Waals surface area contributed by atoms with Crippen molar-refractivity contribution in [2.45, 2.75) is 37.6 Å². The van der Waals surface area contributed by atoms with Gasteiger partial charge in [-0.1, -0.05) is 0 Å². The van der Waals surface area contributed by atoms with E-state index in [2.05, 4.69) is 15.2 Å². The Morgan fingerprint density at radius 3 is 3.04 bits per heavy atom. The molecule has 0 radical (unpaired) electrons. The monoisotopic (exact) mass is 350 g/mol. The summed E-state index contributed by atoms with van der Waals surface area (Å²) in [4.78, 5) is 23.3. The third kappa shape index (κ3) is 4.60. The van der Waals surface area contributed by atoms with Crippen molar-refractivity contribution in [3.05, 3.63) is 18.0 Å². The van der Waals surface area contributed by atoms with E-state index in [0.29, 0.717) is 12.3 Å². The van der Waals surface area contributed by atoms with E-state index in [-0.39, 0.29) is 11.9 Å². The van der Waals surface area contributed by atoms with Crippen LogP contribution in [0.1, 0.15) is 37.3 Å². The maximum absolute atomic E-state index is 11.9. The largest absolute Gasteiger partial charge is 0.381 e. The van der Waals surface area contributed by atoms with Crippen molar-refractivity contribution >= 4 is 23.6 Å². The van der Waals surface area contributed by atoms with Gasteiger partial charge in [0.15, 0.2) is 0 Å². The maximum atomic E-state index is 11.9. The van der Waals surface area contributed by atoms with Gasteiger partial charge in [0.2, 0.25) is 11.9 Å². The number of carbonyl (C=O) groups excluding carboxylic acids is 1. The summed E-state index contributed by atoms with van der Waals surface area (Å²) in [5, 5.41) is 3.13. The number of hydrogen-bond acceptors (Lipinski definition) is 6. The van der Waals surface area contributed by atoms with Crippen LogP contribution in [0.5, 0.6) is 0 Å². The molecule has 2 aliphatic heterocycles. The Labute approximate surface area is 147 Å². The number of ether oxygens (including phenoxy) is 1. The zero-order valence-corrected chi connectivity index (χ0v) is 15.1. The number of nitrogens with zero attached hydrogens (tertiary/aromatic N) is 3. The molecule has 1 unspecified atom stereocenters. The molecule has 3 heterocycles. The second-order valence-electron chi connectivity index (χ2n) is 6.41. The average Bonchev–Trinajstić information content (AvgIpc) is 3.09. The first-order chi connectivity index (χ1) is 11.8. The van der Waals surface area contributed by atoms with Gasteiger partial charge in [-0.25, -0.2) is 9.97 Å². The summed E-state index contributed by atoms with van der Waals surface area (Å²) >= 11 is 1.70. The molecule has 0 aromatic carbocycles. The fraction of sp³-hybridized carbons (Fsp3) is 0.706. The lowest BCUT2D eigenvalue weighted by molar-refractivity contribution is -0.121. The van der Waals surface area contributed by atoms with E-state index in [4.69, 9.17) is 9.72 Å². The molecule has 1 atom stereocenters. The molecule has 0 saturated carbocycles. The SMILES string of the molecule is CSCCC(=O)NC1CCN(c2nccc(C3CCOCC3)n2)C1. The van der Waals surface area contributed by atoms with E-state index < -0.39 is 0 Å². The number of amides is 1. The highest BCUT2D eigenvalue weighted by atomic mass is 32.2. The normalized spacial score (nSPS) is 21.9. The minimum atomic E-state index is 0.146. The summed E-state index contributed by atoms with van der Waals surface area (Å²) in [6.45, 7) is 3.32. The predicted octanol–water partition coefficient (Wildman–Crippen LogP) is 1.82. The van der Waals surface area contributed by atoms with Crippen molar-refractivity contribution < 1.29 is 9.53 Å². The number of anilines is 1. The zero-order valence-electron chi connectivity index (χ0n) is 14.2. The van der Waals surface area contributed by atoms with Crippen LogP contribution >= 0.6 is 11.8 Å².